The van der Waals surface area contributed by atoms with Crippen LogP contribution < -0.4 is 26.8 Å². The minimum Gasteiger partial charge on any atom is -0.492 e. The number of fused-ring (bicyclic) bond motifs is 1. The second-order valence-corrected chi connectivity index (χ2v) is 22.2. The highest BCUT2D eigenvalue weighted by Gasteiger charge is 2.45. The first-order valence-electron chi connectivity index (χ1n) is 26.7. The molecule has 81 heavy (non-hydrogen) atoms. The molecule has 8 rings (SSSR count). The molecule has 0 saturated carbocycles. The van der Waals surface area contributed by atoms with Crippen LogP contribution in [0.4, 0.5) is 13.2 Å². The lowest BCUT2D eigenvalue weighted by Crippen LogP contribution is -2.46. The number of carbonyl (C=O) groups is 3. The maximum atomic E-state index is 16.4. The first kappa shape index (κ1) is 58.9. The fraction of sp³-hybridized carbons (Fsp3) is 0.209. The third kappa shape index (κ3) is 15.0. The van der Waals surface area contributed by atoms with Gasteiger partial charge in [-0.15, -0.1) is 0 Å². The molecule has 1 heterocycles. The van der Waals surface area contributed by atoms with Gasteiger partial charge in [0.1, 0.15) is 24.5 Å². The zero-order chi connectivity index (χ0) is 57.6. The van der Waals surface area contributed by atoms with Crippen LogP contribution in [0.2, 0.25) is 0 Å². The molecule has 0 spiro atoms. The molecule has 1 amide bonds. The second-order valence-electron chi connectivity index (χ2n) is 19.9. The molecule has 0 saturated heterocycles. The number of hydrogen-bond acceptors (Lipinski definition) is 9. The van der Waals surface area contributed by atoms with E-state index < -0.39 is 83.5 Å². The number of halogens is 3. The van der Waals surface area contributed by atoms with E-state index in [0.29, 0.717) is 35.1 Å². The summed E-state index contributed by atoms with van der Waals surface area (Å²) in [6.07, 6.45) is 3.93. The third-order valence-electron chi connectivity index (χ3n) is 14.3. The Morgan fingerprint density at radius 2 is 1.31 bits per heavy atom. The number of nitrogens with two attached hydrogens (primary N) is 2. The van der Waals surface area contributed by atoms with Gasteiger partial charge in [-0.25, -0.2) is 13.2 Å². The van der Waals surface area contributed by atoms with Crippen LogP contribution in [-0.4, -0.2) is 53.2 Å². The number of aryl methyl sites for hydroxylation is 2. The normalized spacial score (nSPS) is 15.0. The maximum absolute atomic E-state index is 16.4. The maximum Gasteiger partial charge on any atom is 0.319 e. The summed E-state index contributed by atoms with van der Waals surface area (Å²) in [5.74, 6) is -6.41. The molecule has 1 aliphatic heterocycles. The first-order valence-corrected chi connectivity index (χ1v) is 28.1. The van der Waals surface area contributed by atoms with Gasteiger partial charge in [0.15, 0.2) is 29.0 Å². The SMILES string of the molecule is C=C(OCc1ccccc1)[C@H](N)C(=C)C(=O)[C@H](Cc1cc(-c2ccc(/C=C/c3ccccc3)c(C[C@H]3C(=O)Oc4c(F)c(C)c(F)c(F)c4P3C(=C)OCc3ccccc3)c2)ccc1CCc1ccccc1)NC(=O)CC[C@@H](O)CN. The lowest BCUT2D eigenvalue weighted by molar-refractivity contribution is -0.134. The third-order valence-corrected chi connectivity index (χ3v) is 16.8. The number of rotatable bonds is 26. The molecule has 0 fully saturated rings. The van der Waals surface area contributed by atoms with Gasteiger partial charge in [0.05, 0.1) is 29.2 Å². The van der Waals surface area contributed by atoms with E-state index >= 15 is 13.2 Å². The van der Waals surface area contributed by atoms with Crippen molar-refractivity contribution in [3.05, 3.63) is 262 Å². The minimum absolute atomic E-state index is 0.00328. The van der Waals surface area contributed by atoms with E-state index in [1.807, 2.05) is 170 Å². The molecule has 0 bridgehead atoms. The molecule has 1 unspecified atom stereocenters. The molecule has 1 aliphatic rings. The van der Waals surface area contributed by atoms with Gasteiger partial charge in [0.25, 0.3) is 0 Å². The number of ketones is 1. The summed E-state index contributed by atoms with van der Waals surface area (Å²) in [6.45, 7) is 13.4. The van der Waals surface area contributed by atoms with Gasteiger partial charge in [-0.05, 0) is 88.2 Å². The van der Waals surface area contributed by atoms with Crippen LogP contribution in [0.15, 0.2) is 194 Å². The van der Waals surface area contributed by atoms with Crippen LogP contribution in [-0.2, 0) is 62.8 Å². The van der Waals surface area contributed by atoms with Crippen molar-refractivity contribution in [2.24, 2.45) is 11.5 Å². The molecule has 416 valence electrons. The van der Waals surface area contributed by atoms with E-state index in [9.17, 15) is 19.5 Å². The van der Waals surface area contributed by atoms with Crippen molar-refractivity contribution in [3.8, 4) is 16.9 Å². The van der Waals surface area contributed by atoms with Crippen molar-refractivity contribution in [2.75, 3.05) is 6.54 Å². The van der Waals surface area contributed by atoms with Gasteiger partial charge in [-0.2, -0.15) is 0 Å². The van der Waals surface area contributed by atoms with E-state index in [4.69, 9.17) is 25.7 Å². The highest BCUT2D eigenvalue weighted by Crippen LogP contribution is 2.56. The standard InChI is InChI=1S/C67H65F3N3O7P/c1-42-60(68)62(70)66-65(61(42)69)80-67(77)58(81(66)45(4)79-41-49-23-15-8-16-24-49)38-55-36-53(32-30-51(55)28-26-47-19-11-6-12-20-47)52-31-29-50(27-25-46-17-9-5-10-18-46)54(35-52)37-57(73-59(75)34-33-56(74)39-71)64(76)43(2)63(72)44(3)78-40-48-21-13-7-14-22-48/h5-24,26,28-32,35-36,56-58,63,74H,2-4,25,27,33-34,37-41,71-72H2,1H3,(H,73,75)/b28-26+/t56-,57+,58+,63-,81?/m1/s1. The van der Waals surface area contributed by atoms with Gasteiger partial charge in [-0.3, -0.25) is 14.4 Å². The summed E-state index contributed by atoms with van der Waals surface area (Å²) in [7, 11) is -2.34. The fourth-order valence-electron chi connectivity index (χ4n) is 9.53. The lowest BCUT2D eigenvalue weighted by Gasteiger charge is -2.34. The predicted octanol–water partition coefficient (Wildman–Crippen LogP) is 11.7. The molecule has 0 aliphatic carbocycles. The van der Waals surface area contributed by atoms with Crippen molar-refractivity contribution >= 4 is 43.0 Å². The monoisotopic (exact) mass is 1110 g/mol. The van der Waals surface area contributed by atoms with Crippen LogP contribution in [0, 0.1) is 24.4 Å². The van der Waals surface area contributed by atoms with Crippen LogP contribution in [0.1, 0.15) is 62.9 Å². The summed E-state index contributed by atoms with van der Waals surface area (Å²) in [5, 5.41) is 12.7. The number of nitrogens with one attached hydrogen (secondary N) is 1. The minimum atomic E-state index is -2.34. The molecule has 6 N–H and O–H groups in total. The van der Waals surface area contributed by atoms with E-state index in [1.165, 1.54) is 0 Å². The molecule has 7 aromatic rings. The quantitative estimate of drug-likeness (QED) is 0.00786. The van der Waals surface area contributed by atoms with Crippen molar-refractivity contribution in [1.82, 2.24) is 5.32 Å². The van der Waals surface area contributed by atoms with Crippen molar-refractivity contribution in [3.63, 3.8) is 0 Å². The Kier molecular flexibility index (Phi) is 20.2. The number of Topliss-reactive ketones (excluding diaryl/α,β-unsaturated/α-hetero) is 1. The Morgan fingerprint density at radius 1 is 0.728 bits per heavy atom. The molecule has 7 aromatic carbocycles. The molecular formula is C67H65F3N3O7P. The average molecular weight is 1110 g/mol. The van der Waals surface area contributed by atoms with E-state index in [0.717, 1.165) is 40.3 Å². The number of ether oxygens (including phenoxy) is 3. The second kappa shape index (κ2) is 27.8. The molecule has 14 heteroatoms. The number of esters is 1. The lowest BCUT2D eigenvalue weighted by atomic mass is 9.88. The molecule has 0 radical (unpaired) electrons. The van der Waals surface area contributed by atoms with Gasteiger partial charge in [-0.1, -0.05) is 190 Å². The largest absolute Gasteiger partial charge is 0.492 e. The van der Waals surface area contributed by atoms with Crippen molar-refractivity contribution in [1.29, 1.82) is 0 Å². The van der Waals surface area contributed by atoms with Crippen LogP contribution in [0.5, 0.6) is 5.75 Å². The van der Waals surface area contributed by atoms with E-state index in [2.05, 4.69) is 25.1 Å². The molecule has 10 nitrogen and oxygen atoms in total. The Labute approximate surface area is 472 Å². The summed E-state index contributed by atoms with van der Waals surface area (Å²) >= 11 is 0. The topological polar surface area (TPSA) is 163 Å². The highest BCUT2D eigenvalue weighted by molar-refractivity contribution is 7.71. The Balaban J connectivity index is 1.19. The number of aliphatic hydroxyl groups is 1. The van der Waals surface area contributed by atoms with Crippen LogP contribution in [0.25, 0.3) is 23.3 Å². The zero-order valence-corrected chi connectivity index (χ0v) is 46.0. The molecule has 5 atom stereocenters. The smallest absolute Gasteiger partial charge is 0.319 e. The molecule has 0 aromatic heterocycles. The zero-order valence-electron chi connectivity index (χ0n) is 45.1. The number of carbonyl (C=O) groups excluding carboxylic acids is 3. The van der Waals surface area contributed by atoms with Gasteiger partial charge < -0.3 is 36.1 Å². The van der Waals surface area contributed by atoms with Gasteiger partial charge in [0, 0.05) is 38.4 Å². The summed E-state index contributed by atoms with van der Waals surface area (Å²) < 4.78 is 65.7. The number of amides is 1. The Hall–Kier alpha value is -8.19. The Morgan fingerprint density at radius 3 is 1.94 bits per heavy atom. The van der Waals surface area contributed by atoms with E-state index in [1.54, 1.807) is 0 Å². The fourth-order valence-corrected chi connectivity index (χ4v) is 12.0. The summed E-state index contributed by atoms with van der Waals surface area (Å²) in [5.41, 5.74) is 18.3. The van der Waals surface area contributed by atoms with E-state index in [-0.39, 0.29) is 62.3 Å². The van der Waals surface area contributed by atoms with Gasteiger partial charge >= 0.3 is 5.97 Å². The van der Waals surface area contributed by atoms with Crippen molar-refractivity contribution < 1.29 is 46.9 Å². The summed E-state index contributed by atoms with van der Waals surface area (Å²) in [4.78, 5) is 42.9. The molecular weight excluding hydrogens is 1050 g/mol. The highest BCUT2D eigenvalue weighted by atomic mass is 31.1. The number of aliphatic hydroxyl groups excluding tert-OH is 1. The van der Waals surface area contributed by atoms with Crippen LogP contribution >= 0.6 is 7.92 Å². The number of hydrogen-bond donors (Lipinski definition) is 4. The number of benzene rings is 7. The average Bonchev–Trinajstić information content (AvgIpc) is 3.53. The summed E-state index contributed by atoms with van der Waals surface area (Å²) in [6, 6.07) is 47.3. The van der Waals surface area contributed by atoms with Gasteiger partial charge in [0.2, 0.25) is 5.91 Å². The van der Waals surface area contributed by atoms with Crippen molar-refractivity contribution in [2.45, 2.75) is 82.5 Å². The Bertz CT molecular complexity index is 3430. The van der Waals surface area contributed by atoms with Crippen LogP contribution in [0.3, 0.4) is 0 Å². The predicted molar refractivity (Wildman–Crippen MR) is 315 cm³/mol. The first-order chi connectivity index (χ1) is 39.1.